The Morgan fingerprint density at radius 3 is 2.54 bits per heavy atom. The van der Waals surface area contributed by atoms with Gasteiger partial charge in [0.25, 0.3) is 5.56 Å². The molecule has 0 spiro atoms. The van der Waals surface area contributed by atoms with Crippen molar-refractivity contribution in [3.63, 3.8) is 0 Å². The number of anilines is 2. The van der Waals surface area contributed by atoms with Gasteiger partial charge in [0.15, 0.2) is 11.5 Å². The third-order valence-electron chi connectivity index (χ3n) is 6.56. The molecule has 0 bridgehead atoms. The third-order valence-corrected chi connectivity index (χ3v) is 6.56. The Morgan fingerprint density at radius 1 is 1.00 bits per heavy atom. The first kappa shape index (κ1) is 22.7. The van der Waals surface area contributed by atoms with Gasteiger partial charge < -0.3 is 10.1 Å². The highest BCUT2D eigenvalue weighted by molar-refractivity contribution is 5.89. The molecule has 1 aliphatic carbocycles. The van der Waals surface area contributed by atoms with Gasteiger partial charge in [0.1, 0.15) is 17.9 Å². The molecule has 0 aliphatic heterocycles. The standard InChI is InChI=1S/C28H25N7O2/c1-37-21-14-12-19(13-15-21)24-26(31-22-16-29-17-30-33-22)32-27-23(18-8-4-2-5-9-18)25(34-35(27)28(24)36)20-10-6-3-7-11-20/h3,6-8,10-17,34H,2,4-5,9H2,1H3,(H,31,33). The number of rotatable bonds is 6. The van der Waals surface area contributed by atoms with E-state index in [9.17, 15) is 4.79 Å². The lowest BCUT2D eigenvalue weighted by Gasteiger charge is -2.14. The molecule has 184 valence electrons. The van der Waals surface area contributed by atoms with Gasteiger partial charge in [-0.3, -0.25) is 9.89 Å². The molecule has 1 aliphatic rings. The van der Waals surface area contributed by atoms with Crippen LogP contribution in [0.4, 0.5) is 11.6 Å². The number of methoxy groups -OCH3 is 1. The van der Waals surface area contributed by atoms with Crippen molar-refractivity contribution < 1.29 is 4.74 Å². The van der Waals surface area contributed by atoms with Crippen LogP contribution in [0.3, 0.4) is 0 Å². The fraction of sp³-hybridized carbons (Fsp3) is 0.179. The van der Waals surface area contributed by atoms with Gasteiger partial charge >= 0.3 is 0 Å². The second kappa shape index (κ2) is 9.69. The Balaban J connectivity index is 1.65. The maximum atomic E-state index is 14.1. The smallest absolute Gasteiger partial charge is 0.282 e. The lowest BCUT2D eigenvalue weighted by Crippen LogP contribution is -2.20. The van der Waals surface area contributed by atoms with Crippen LogP contribution in [0.25, 0.3) is 33.6 Å². The van der Waals surface area contributed by atoms with E-state index in [1.165, 1.54) is 11.9 Å². The number of nitrogens with zero attached hydrogens (tertiary/aromatic N) is 5. The molecule has 0 radical (unpaired) electrons. The average Bonchev–Trinajstić information content (AvgIpc) is 3.35. The van der Waals surface area contributed by atoms with E-state index in [0.29, 0.717) is 34.2 Å². The van der Waals surface area contributed by atoms with E-state index in [1.54, 1.807) is 17.8 Å². The topological polar surface area (TPSA) is 110 Å². The largest absolute Gasteiger partial charge is 0.497 e. The van der Waals surface area contributed by atoms with Gasteiger partial charge in [0.05, 0.1) is 24.6 Å². The van der Waals surface area contributed by atoms with Crippen molar-refractivity contribution in [2.75, 3.05) is 12.4 Å². The number of hydrogen-bond donors (Lipinski definition) is 2. The number of ether oxygens (including phenoxy) is 1. The van der Waals surface area contributed by atoms with Gasteiger partial charge in [0, 0.05) is 11.1 Å². The molecule has 0 amide bonds. The molecule has 3 heterocycles. The molecule has 6 rings (SSSR count). The first-order valence-electron chi connectivity index (χ1n) is 12.2. The van der Waals surface area contributed by atoms with Crippen LogP contribution in [-0.4, -0.2) is 36.9 Å². The number of H-pyrrole nitrogens is 1. The van der Waals surface area contributed by atoms with Crippen molar-refractivity contribution in [3.05, 3.63) is 89.1 Å². The van der Waals surface area contributed by atoms with Crippen LogP contribution in [0.2, 0.25) is 0 Å². The zero-order valence-corrected chi connectivity index (χ0v) is 20.3. The number of fused-ring (bicyclic) bond motifs is 1. The number of nitrogens with one attached hydrogen (secondary N) is 2. The van der Waals surface area contributed by atoms with E-state index in [-0.39, 0.29) is 5.56 Å². The minimum Gasteiger partial charge on any atom is -0.497 e. The van der Waals surface area contributed by atoms with Crippen molar-refractivity contribution in [3.8, 4) is 28.1 Å². The third kappa shape index (κ3) is 4.24. The van der Waals surface area contributed by atoms with E-state index in [1.807, 2.05) is 54.6 Å². The van der Waals surface area contributed by atoms with E-state index >= 15 is 0 Å². The van der Waals surface area contributed by atoms with Crippen LogP contribution in [0.15, 0.2) is 78.0 Å². The van der Waals surface area contributed by atoms with Gasteiger partial charge in [-0.1, -0.05) is 48.5 Å². The Morgan fingerprint density at radius 2 is 1.84 bits per heavy atom. The van der Waals surface area contributed by atoms with E-state index < -0.39 is 0 Å². The summed E-state index contributed by atoms with van der Waals surface area (Å²) < 4.78 is 6.86. The normalized spacial score (nSPS) is 13.4. The Kier molecular flexibility index (Phi) is 5.94. The van der Waals surface area contributed by atoms with Crippen LogP contribution in [0, 0.1) is 0 Å². The number of aromatic amines is 1. The van der Waals surface area contributed by atoms with Crippen LogP contribution in [-0.2, 0) is 0 Å². The summed E-state index contributed by atoms with van der Waals surface area (Å²) >= 11 is 0. The van der Waals surface area contributed by atoms with Crippen LogP contribution in [0.1, 0.15) is 31.2 Å². The quantitative estimate of drug-likeness (QED) is 0.334. The average molecular weight is 492 g/mol. The SMILES string of the molecule is COc1ccc(-c2c(Nc3cncnn3)nc3c(C4=CCCCC4)c(-c4ccccc4)[nH]n3c2=O)cc1. The van der Waals surface area contributed by atoms with E-state index in [2.05, 4.69) is 31.7 Å². The minimum absolute atomic E-state index is 0.227. The Bertz CT molecular complexity index is 1640. The molecule has 5 aromatic rings. The molecule has 0 saturated carbocycles. The highest BCUT2D eigenvalue weighted by Gasteiger charge is 2.24. The van der Waals surface area contributed by atoms with E-state index in [0.717, 1.165) is 42.5 Å². The molecule has 0 atom stereocenters. The molecule has 0 fully saturated rings. The summed E-state index contributed by atoms with van der Waals surface area (Å²) in [6.07, 6.45) is 9.36. The van der Waals surface area contributed by atoms with Crippen molar-refractivity contribution in [2.45, 2.75) is 25.7 Å². The van der Waals surface area contributed by atoms with Gasteiger partial charge in [-0.2, -0.15) is 4.52 Å². The summed E-state index contributed by atoms with van der Waals surface area (Å²) in [4.78, 5) is 23.2. The maximum absolute atomic E-state index is 14.1. The maximum Gasteiger partial charge on any atom is 0.282 e. The number of aromatic nitrogens is 6. The van der Waals surface area contributed by atoms with Crippen molar-refractivity contribution >= 4 is 22.9 Å². The molecular formula is C28H25N7O2. The first-order chi connectivity index (χ1) is 18.2. The lowest BCUT2D eigenvalue weighted by molar-refractivity contribution is 0.415. The fourth-order valence-corrected chi connectivity index (χ4v) is 4.79. The van der Waals surface area contributed by atoms with Gasteiger partial charge in [0.2, 0.25) is 0 Å². The van der Waals surface area contributed by atoms with Gasteiger partial charge in [-0.15, -0.1) is 10.2 Å². The molecular weight excluding hydrogens is 466 g/mol. The van der Waals surface area contributed by atoms with Crippen LogP contribution in [0.5, 0.6) is 5.75 Å². The molecule has 9 nitrogen and oxygen atoms in total. The molecule has 0 unspecified atom stereocenters. The van der Waals surface area contributed by atoms with Gasteiger partial charge in [-0.05, 0) is 49.0 Å². The summed E-state index contributed by atoms with van der Waals surface area (Å²) in [6.45, 7) is 0. The molecule has 2 aromatic carbocycles. The molecule has 37 heavy (non-hydrogen) atoms. The molecule has 9 heteroatoms. The summed E-state index contributed by atoms with van der Waals surface area (Å²) in [6, 6.07) is 17.4. The van der Waals surface area contributed by atoms with Crippen molar-refractivity contribution in [1.29, 1.82) is 0 Å². The van der Waals surface area contributed by atoms with E-state index in [4.69, 9.17) is 9.72 Å². The number of hydrogen-bond acceptors (Lipinski definition) is 7. The zero-order valence-electron chi connectivity index (χ0n) is 20.3. The predicted molar refractivity (Wildman–Crippen MR) is 143 cm³/mol. The number of allylic oxidation sites excluding steroid dienone is 2. The first-order valence-corrected chi connectivity index (χ1v) is 12.2. The molecule has 2 N–H and O–H groups in total. The monoisotopic (exact) mass is 491 g/mol. The predicted octanol–water partition coefficient (Wildman–Crippen LogP) is 5.25. The zero-order chi connectivity index (χ0) is 25.2. The molecule has 3 aromatic heterocycles. The summed E-state index contributed by atoms with van der Waals surface area (Å²) in [5.74, 6) is 1.47. The highest BCUT2D eigenvalue weighted by Crippen LogP contribution is 2.37. The second-order valence-corrected chi connectivity index (χ2v) is 8.85. The summed E-state index contributed by atoms with van der Waals surface area (Å²) in [5, 5.41) is 14.5. The van der Waals surface area contributed by atoms with Crippen molar-refractivity contribution in [1.82, 2.24) is 29.8 Å². The number of benzene rings is 2. The highest BCUT2D eigenvalue weighted by atomic mass is 16.5. The van der Waals surface area contributed by atoms with Crippen molar-refractivity contribution in [2.24, 2.45) is 0 Å². The fourth-order valence-electron chi connectivity index (χ4n) is 4.79. The Labute approximate surface area is 212 Å². The van der Waals surface area contributed by atoms with Crippen LogP contribution < -0.4 is 15.6 Å². The van der Waals surface area contributed by atoms with Crippen LogP contribution >= 0.6 is 0 Å². The Hall–Kier alpha value is -4.79. The molecule has 0 saturated heterocycles. The summed E-state index contributed by atoms with van der Waals surface area (Å²) in [5.41, 5.74) is 5.44. The lowest BCUT2D eigenvalue weighted by atomic mass is 9.92. The minimum atomic E-state index is -0.227. The second-order valence-electron chi connectivity index (χ2n) is 8.85. The van der Waals surface area contributed by atoms with Gasteiger partial charge in [-0.25, -0.2) is 9.97 Å². The summed E-state index contributed by atoms with van der Waals surface area (Å²) in [7, 11) is 1.61.